The molecule has 0 N–H and O–H groups in total. The van der Waals surface area contributed by atoms with E-state index >= 15 is 0 Å². The average molecular weight is 273 g/mol. The molecule has 1 rings (SSSR count). The molecular weight excluding hydrogens is 260 g/mol. The van der Waals surface area contributed by atoms with Crippen LogP contribution in [0.1, 0.15) is 13.8 Å². The van der Waals surface area contributed by atoms with Gasteiger partial charge in [0.05, 0.1) is 18.0 Å². The predicted octanol–water partition coefficient (Wildman–Crippen LogP) is 2.83. The molecule has 0 radical (unpaired) electrons. The average Bonchev–Trinajstić information content (AvgIpc) is 2.15. The molecule has 0 aromatic carbocycles. The number of rotatable bonds is 2. The molecule has 0 atom stereocenters. The largest absolute Gasteiger partial charge is 0.446 e. The Balaban J connectivity index is 2.76. The Kier molecular flexibility index (Phi) is 4.08. The van der Waals surface area contributed by atoms with Crippen molar-refractivity contribution < 1.29 is 9.53 Å². The number of amides is 1. The molecule has 0 bridgehead atoms. The van der Waals surface area contributed by atoms with Crippen LogP contribution in [0.5, 0.6) is 0 Å². The van der Waals surface area contributed by atoms with Crippen molar-refractivity contribution in [3.05, 3.63) is 22.9 Å². The highest BCUT2D eigenvalue weighted by Gasteiger charge is 2.13. The molecule has 0 unspecified atom stereocenters. The second kappa shape index (κ2) is 5.11. The molecule has 5 heteroatoms. The Morgan fingerprint density at radius 2 is 2.20 bits per heavy atom. The van der Waals surface area contributed by atoms with Crippen LogP contribution < -0.4 is 4.90 Å². The number of anilines is 1. The smallest absolute Gasteiger partial charge is 0.414 e. The van der Waals surface area contributed by atoms with Gasteiger partial charge in [0.15, 0.2) is 0 Å². The van der Waals surface area contributed by atoms with Crippen molar-refractivity contribution in [2.24, 2.45) is 0 Å². The molecule has 0 aliphatic carbocycles. The molecule has 1 aromatic rings. The first-order valence-corrected chi connectivity index (χ1v) is 5.35. The Morgan fingerprint density at radius 1 is 1.53 bits per heavy atom. The van der Waals surface area contributed by atoms with Crippen LogP contribution in [-0.4, -0.2) is 24.2 Å². The molecule has 0 saturated heterocycles. The second-order valence-electron chi connectivity index (χ2n) is 3.35. The van der Waals surface area contributed by atoms with Gasteiger partial charge in [0, 0.05) is 17.7 Å². The highest BCUT2D eigenvalue weighted by atomic mass is 79.9. The van der Waals surface area contributed by atoms with Gasteiger partial charge in [-0.2, -0.15) is 0 Å². The van der Waals surface area contributed by atoms with E-state index in [9.17, 15) is 4.79 Å². The Morgan fingerprint density at radius 3 is 2.73 bits per heavy atom. The number of hydrogen-bond acceptors (Lipinski definition) is 3. The van der Waals surface area contributed by atoms with Gasteiger partial charge >= 0.3 is 6.09 Å². The highest BCUT2D eigenvalue weighted by Crippen LogP contribution is 2.17. The zero-order valence-corrected chi connectivity index (χ0v) is 10.5. The van der Waals surface area contributed by atoms with Crippen molar-refractivity contribution >= 4 is 27.7 Å². The van der Waals surface area contributed by atoms with Gasteiger partial charge in [-0.3, -0.25) is 9.88 Å². The van der Waals surface area contributed by atoms with Gasteiger partial charge in [0.2, 0.25) is 0 Å². The third-order valence-corrected chi connectivity index (χ3v) is 2.12. The monoisotopic (exact) mass is 272 g/mol. The Labute approximate surface area is 97.4 Å². The molecular formula is C10H13BrN2O2. The van der Waals surface area contributed by atoms with Crippen LogP contribution in [-0.2, 0) is 4.74 Å². The summed E-state index contributed by atoms with van der Waals surface area (Å²) in [6.45, 7) is 3.62. The Bertz CT molecular complexity index is 355. The van der Waals surface area contributed by atoms with Crippen molar-refractivity contribution in [3.63, 3.8) is 0 Å². The van der Waals surface area contributed by atoms with E-state index in [1.54, 1.807) is 25.5 Å². The van der Waals surface area contributed by atoms with E-state index in [0.717, 1.165) is 4.47 Å². The van der Waals surface area contributed by atoms with Crippen LogP contribution in [0.15, 0.2) is 22.9 Å². The standard InChI is InChI=1S/C10H13BrN2O2/c1-7(2)15-10(14)13(3)9-4-8(11)5-12-6-9/h4-7H,1-3H3. The van der Waals surface area contributed by atoms with Gasteiger partial charge in [-0.1, -0.05) is 0 Å². The number of carbonyl (C=O) groups is 1. The van der Waals surface area contributed by atoms with E-state index in [1.165, 1.54) is 4.90 Å². The zero-order valence-electron chi connectivity index (χ0n) is 8.90. The molecule has 0 saturated carbocycles. The fourth-order valence-electron chi connectivity index (χ4n) is 0.970. The fraction of sp³-hybridized carbons (Fsp3) is 0.400. The van der Waals surface area contributed by atoms with E-state index in [1.807, 2.05) is 13.8 Å². The molecule has 0 spiro atoms. The SMILES string of the molecule is CC(C)OC(=O)N(C)c1cncc(Br)c1. The third kappa shape index (κ3) is 3.51. The molecule has 82 valence electrons. The topological polar surface area (TPSA) is 42.4 Å². The summed E-state index contributed by atoms with van der Waals surface area (Å²) in [5.74, 6) is 0. The van der Waals surface area contributed by atoms with E-state index in [4.69, 9.17) is 4.74 Å². The number of nitrogens with zero attached hydrogens (tertiary/aromatic N) is 2. The lowest BCUT2D eigenvalue weighted by Gasteiger charge is -2.18. The number of pyridine rings is 1. The number of halogens is 1. The summed E-state index contributed by atoms with van der Waals surface area (Å²) < 4.78 is 5.87. The molecule has 4 nitrogen and oxygen atoms in total. The number of carbonyl (C=O) groups excluding carboxylic acids is 1. The highest BCUT2D eigenvalue weighted by molar-refractivity contribution is 9.10. The molecule has 15 heavy (non-hydrogen) atoms. The molecule has 0 aliphatic heterocycles. The van der Waals surface area contributed by atoms with Gasteiger partial charge in [-0.25, -0.2) is 4.79 Å². The van der Waals surface area contributed by atoms with Crippen LogP contribution in [0.25, 0.3) is 0 Å². The first-order valence-electron chi connectivity index (χ1n) is 4.55. The first-order chi connectivity index (χ1) is 7.00. The summed E-state index contributed by atoms with van der Waals surface area (Å²) in [5, 5.41) is 0. The summed E-state index contributed by atoms with van der Waals surface area (Å²) in [4.78, 5) is 16.9. The van der Waals surface area contributed by atoms with E-state index in [-0.39, 0.29) is 12.2 Å². The second-order valence-corrected chi connectivity index (χ2v) is 4.27. The number of ether oxygens (including phenoxy) is 1. The van der Waals surface area contributed by atoms with Gasteiger partial charge in [0.1, 0.15) is 0 Å². The quantitative estimate of drug-likeness (QED) is 0.832. The fourth-order valence-corrected chi connectivity index (χ4v) is 1.32. The van der Waals surface area contributed by atoms with Gasteiger partial charge in [0.25, 0.3) is 0 Å². The minimum atomic E-state index is -0.384. The third-order valence-electron chi connectivity index (χ3n) is 1.69. The zero-order chi connectivity index (χ0) is 11.4. The van der Waals surface area contributed by atoms with Crippen molar-refractivity contribution in [2.75, 3.05) is 11.9 Å². The van der Waals surface area contributed by atoms with Gasteiger partial charge < -0.3 is 4.74 Å². The molecule has 0 aliphatic rings. The van der Waals surface area contributed by atoms with Gasteiger partial charge in [-0.05, 0) is 35.8 Å². The lowest BCUT2D eigenvalue weighted by atomic mass is 10.4. The lowest BCUT2D eigenvalue weighted by Crippen LogP contribution is -2.29. The van der Waals surface area contributed by atoms with Crippen molar-refractivity contribution in [2.45, 2.75) is 20.0 Å². The Hall–Kier alpha value is -1.10. The van der Waals surface area contributed by atoms with Crippen LogP contribution in [0.2, 0.25) is 0 Å². The van der Waals surface area contributed by atoms with Crippen LogP contribution in [0.3, 0.4) is 0 Å². The number of aromatic nitrogens is 1. The maximum absolute atomic E-state index is 11.5. The summed E-state index contributed by atoms with van der Waals surface area (Å²) in [7, 11) is 1.65. The minimum absolute atomic E-state index is 0.125. The minimum Gasteiger partial charge on any atom is -0.446 e. The van der Waals surface area contributed by atoms with Gasteiger partial charge in [-0.15, -0.1) is 0 Å². The lowest BCUT2D eigenvalue weighted by molar-refractivity contribution is 0.124. The van der Waals surface area contributed by atoms with Crippen LogP contribution in [0.4, 0.5) is 10.5 Å². The first kappa shape index (κ1) is 12.0. The molecule has 0 fully saturated rings. The van der Waals surface area contributed by atoms with Crippen molar-refractivity contribution in [3.8, 4) is 0 Å². The summed E-state index contributed by atoms with van der Waals surface area (Å²) in [6, 6.07) is 1.80. The van der Waals surface area contributed by atoms with E-state index in [2.05, 4.69) is 20.9 Å². The summed E-state index contributed by atoms with van der Waals surface area (Å²) in [6.07, 6.45) is 2.75. The van der Waals surface area contributed by atoms with Crippen LogP contribution in [0, 0.1) is 0 Å². The summed E-state index contributed by atoms with van der Waals surface area (Å²) in [5.41, 5.74) is 0.690. The van der Waals surface area contributed by atoms with Crippen LogP contribution >= 0.6 is 15.9 Å². The molecule has 1 amide bonds. The van der Waals surface area contributed by atoms with E-state index in [0.29, 0.717) is 5.69 Å². The molecule has 1 heterocycles. The summed E-state index contributed by atoms with van der Waals surface area (Å²) >= 11 is 3.29. The van der Waals surface area contributed by atoms with E-state index < -0.39 is 0 Å². The maximum atomic E-state index is 11.5. The normalized spacial score (nSPS) is 10.2. The predicted molar refractivity (Wildman–Crippen MR) is 62.0 cm³/mol. The van der Waals surface area contributed by atoms with Crippen molar-refractivity contribution in [1.82, 2.24) is 4.98 Å². The molecule has 1 aromatic heterocycles. The number of hydrogen-bond donors (Lipinski definition) is 0. The van der Waals surface area contributed by atoms with Crippen molar-refractivity contribution in [1.29, 1.82) is 0 Å². The maximum Gasteiger partial charge on any atom is 0.414 e.